The lowest BCUT2D eigenvalue weighted by molar-refractivity contribution is -0.108. The van der Waals surface area contributed by atoms with Crippen LogP contribution in [-0.2, 0) is 4.79 Å². The van der Waals surface area contributed by atoms with Gasteiger partial charge in [-0.05, 0) is 30.7 Å². The van der Waals surface area contributed by atoms with E-state index in [2.05, 4.69) is 5.32 Å². The van der Waals surface area contributed by atoms with Crippen LogP contribution in [0.25, 0.3) is 0 Å². The summed E-state index contributed by atoms with van der Waals surface area (Å²) in [5.41, 5.74) is 1.25. The first-order chi connectivity index (χ1) is 6.24. The first kappa shape index (κ1) is 9.81. The van der Waals surface area contributed by atoms with E-state index in [-0.39, 0.29) is 0 Å². The summed E-state index contributed by atoms with van der Waals surface area (Å²) in [6.45, 7) is 1.76. The van der Waals surface area contributed by atoms with Crippen molar-refractivity contribution in [2.45, 2.75) is 6.92 Å². The Hall–Kier alpha value is -1.28. The highest BCUT2D eigenvalue weighted by molar-refractivity contribution is 6.67. The van der Waals surface area contributed by atoms with Crippen molar-refractivity contribution in [3.8, 4) is 0 Å². The molecule has 0 aliphatic rings. The Morgan fingerprint density at radius 3 is 2.46 bits per heavy atom. The number of carbonyl (C=O) groups excluding carboxylic acids is 1. The minimum atomic E-state index is -0.480. The van der Waals surface area contributed by atoms with Gasteiger partial charge in [0.1, 0.15) is 0 Å². The largest absolute Gasteiger partial charge is 0.352 e. The molecule has 1 aromatic rings. The number of halogens is 1. The Kier molecular flexibility index (Phi) is 3.53. The average Bonchev–Trinajstić information content (AvgIpc) is 2.15. The smallest absolute Gasteiger partial charge is 0.268 e. The molecule has 0 spiro atoms. The van der Waals surface area contributed by atoms with Gasteiger partial charge in [0.2, 0.25) is 0 Å². The molecule has 1 N–H and O–H groups in total. The molecule has 0 aromatic heterocycles. The van der Waals surface area contributed by atoms with E-state index in [1.54, 1.807) is 13.0 Å². The third-order valence-electron chi connectivity index (χ3n) is 1.55. The van der Waals surface area contributed by atoms with Crippen LogP contribution >= 0.6 is 11.6 Å². The molecule has 1 aromatic carbocycles. The highest BCUT2D eigenvalue weighted by Gasteiger charge is 2.03. The van der Waals surface area contributed by atoms with Gasteiger partial charge in [-0.15, -0.1) is 0 Å². The SMILES string of the molecule is C/C=C(\Nc1ccccc1)C(=O)Cl. The normalized spacial score (nSPS) is 11.1. The van der Waals surface area contributed by atoms with Crippen molar-refractivity contribution in [1.29, 1.82) is 0 Å². The number of para-hydroxylation sites is 1. The van der Waals surface area contributed by atoms with Crippen molar-refractivity contribution in [1.82, 2.24) is 0 Å². The van der Waals surface area contributed by atoms with Gasteiger partial charge in [-0.1, -0.05) is 24.3 Å². The molecule has 0 heterocycles. The van der Waals surface area contributed by atoms with Crippen molar-refractivity contribution in [2.24, 2.45) is 0 Å². The van der Waals surface area contributed by atoms with E-state index in [1.807, 2.05) is 30.3 Å². The van der Waals surface area contributed by atoms with Gasteiger partial charge in [0, 0.05) is 5.69 Å². The van der Waals surface area contributed by atoms with Crippen molar-refractivity contribution in [3.63, 3.8) is 0 Å². The second-order valence-corrected chi connectivity index (χ2v) is 2.81. The van der Waals surface area contributed by atoms with E-state index in [0.717, 1.165) is 5.69 Å². The summed E-state index contributed by atoms with van der Waals surface area (Å²) in [5, 5.41) is 2.43. The topological polar surface area (TPSA) is 29.1 Å². The molecule has 0 atom stereocenters. The maximum atomic E-state index is 10.8. The quantitative estimate of drug-likeness (QED) is 0.594. The van der Waals surface area contributed by atoms with Crippen molar-refractivity contribution in [2.75, 3.05) is 5.32 Å². The van der Waals surface area contributed by atoms with Crippen molar-refractivity contribution < 1.29 is 4.79 Å². The van der Waals surface area contributed by atoms with E-state index in [4.69, 9.17) is 11.6 Å². The lowest BCUT2D eigenvalue weighted by atomic mass is 10.3. The van der Waals surface area contributed by atoms with Gasteiger partial charge in [0.05, 0.1) is 5.70 Å². The molecule has 68 valence electrons. The number of rotatable bonds is 3. The zero-order valence-electron chi connectivity index (χ0n) is 7.25. The number of hydrogen-bond acceptors (Lipinski definition) is 2. The second-order valence-electron chi connectivity index (χ2n) is 2.47. The first-order valence-corrected chi connectivity index (χ1v) is 4.30. The van der Waals surface area contributed by atoms with Gasteiger partial charge in [0.25, 0.3) is 5.24 Å². The van der Waals surface area contributed by atoms with Gasteiger partial charge < -0.3 is 5.32 Å². The Bertz CT molecular complexity index is 319. The monoisotopic (exact) mass is 195 g/mol. The van der Waals surface area contributed by atoms with Gasteiger partial charge in [-0.25, -0.2) is 0 Å². The standard InChI is InChI=1S/C10H10ClNO/c1-2-9(10(11)13)12-8-6-4-3-5-7-8/h2-7,12H,1H3/b9-2-. The fraction of sp³-hybridized carbons (Fsp3) is 0.100. The molecule has 0 fully saturated rings. The van der Waals surface area contributed by atoms with E-state index < -0.39 is 5.24 Å². The highest BCUT2D eigenvalue weighted by atomic mass is 35.5. The van der Waals surface area contributed by atoms with Crippen LogP contribution in [0, 0.1) is 0 Å². The van der Waals surface area contributed by atoms with Crippen LogP contribution in [0.15, 0.2) is 42.1 Å². The Labute approximate surface area is 82.2 Å². The van der Waals surface area contributed by atoms with E-state index in [9.17, 15) is 4.79 Å². The maximum Gasteiger partial charge on any atom is 0.268 e. The van der Waals surface area contributed by atoms with Crippen LogP contribution in [0.4, 0.5) is 5.69 Å². The number of nitrogens with one attached hydrogen (secondary N) is 1. The van der Waals surface area contributed by atoms with Gasteiger partial charge >= 0.3 is 0 Å². The van der Waals surface area contributed by atoms with Crippen LogP contribution in [-0.4, -0.2) is 5.24 Å². The molecule has 1 rings (SSSR count). The van der Waals surface area contributed by atoms with Crippen molar-refractivity contribution in [3.05, 3.63) is 42.1 Å². The lowest BCUT2D eigenvalue weighted by Gasteiger charge is -2.05. The Morgan fingerprint density at radius 2 is 2.00 bits per heavy atom. The van der Waals surface area contributed by atoms with Gasteiger partial charge in [-0.2, -0.15) is 0 Å². The number of hydrogen-bond donors (Lipinski definition) is 1. The first-order valence-electron chi connectivity index (χ1n) is 3.92. The number of benzene rings is 1. The number of anilines is 1. The maximum absolute atomic E-state index is 10.8. The zero-order valence-corrected chi connectivity index (χ0v) is 8.01. The van der Waals surface area contributed by atoms with Crippen molar-refractivity contribution >= 4 is 22.5 Å². The molecule has 3 heteroatoms. The van der Waals surface area contributed by atoms with Crippen LogP contribution in [0.2, 0.25) is 0 Å². The minimum absolute atomic E-state index is 0.396. The zero-order chi connectivity index (χ0) is 9.68. The summed E-state index contributed by atoms with van der Waals surface area (Å²) in [5.74, 6) is 0. The molecule has 0 radical (unpaired) electrons. The lowest BCUT2D eigenvalue weighted by Crippen LogP contribution is -2.05. The molecule has 13 heavy (non-hydrogen) atoms. The molecule has 0 saturated heterocycles. The molecule has 0 aliphatic carbocycles. The molecular weight excluding hydrogens is 186 g/mol. The molecule has 2 nitrogen and oxygen atoms in total. The summed E-state index contributed by atoms with van der Waals surface area (Å²) < 4.78 is 0. The number of carbonyl (C=O) groups is 1. The predicted octanol–water partition coefficient (Wildman–Crippen LogP) is 2.77. The summed E-state index contributed by atoms with van der Waals surface area (Å²) in [7, 11) is 0. The van der Waals surface area contributed by atoms with E-state index >= 15 is 0 Å². The number of allylic oxidation sites excluding steroid dienone is 2. The third-order valence-corrected chi connectivity index (χ3v) is 1.76. The summed E-state index contributed by atoms with van der Waals surface area (Å²) in [6, 6.07) is 9.40. The molecule has 0 bridgehead atoms. The molecule has 0 aliphatic heterocycles. The highest BCUT2D eigenvalue weighted by Crippen LogP contribution is 2.10. The fourth-order valence-corrected chi connectivity index (χ4v) is 1.07. The molecule has 0 amide bonds. The summed E-state index contributed by atoms with van der Waals surface area (Å²) >= 11 is 5.32. The predicted molar refractivity (Wildman–Crippen MR) is 54.7 cm³/mol. The van der Waals surface area contributed by atoms with Crippen LogP contribution in [0.3, 0.4) is 0 Å². The summed E-state index contributed by atoms with van der Waals surface area (Å²) in [6.07, 6.45) is 1.64. The average molecular weight is 196 g/mol. The summed E-state index contributed by atoms with van der Waals surface area (Å²) in [4.78, 5) is 10.8. The molecule has 0 unspecified atom stereocenters. The molecule has 0 saturated carbocycles. The van der Waals surface area contributed by atoms with Crippen LogP contribution < -0.4 is 5.32 Å². The molecular formula is C10H10ClNO. The third kappa shape index (κ3) is 2.92. The van der Waals surface area contributed by atoms with Crippen LogP contribution in [0.1, 0.15) is 6.92 Å². The Balaban J connectivity index is 2.74. The Morgan fingerprint density at radius 1 is 1.38 bits per heavy atom. The minimum Gasteiger partial charge on any atom is -0.352 e. The second kappa shape index (κ2) is 4.67. The fourth-order valence-electron chi connectivity index (χ4n) is 0.912. The van der Waals surface area contributed by atoms with Gasteiger partial charge in [0.15, 0.2) is 0 Å². The van der Waals surface area contributed by atoms with E-state index in [0.29, 0.717) is 5.70 Å². The van der Waals surface area contributed by atoms with E-state index in [1.165, 1.54) is 0 Å². The van der Waals surface area contributed by atoms with Crippen LogP contribution in [0.5, 0.6) is 0 Å². The van der Waals surface area contributed by atoms with Gasteiger partial charge in [-0.3, -0.25) is 4.79 Å².